The number of hydrogen-bond donors (Lipinski definition) is 0. The molecule has 1 atom stereocenters. The van der Waals surface area contributed by atoms with Crippen LogP contribution in [0.15, 0.2) is 24.3 Å². The number of fused-ring (bicyclic) bond motifs is 1. The number of rotatable bonds is 2. The van der Waals surface area contributed by atoms with Crippen LogP contribution < -0.4 is 0 Å². The van der Waals surface area contributed by atoms with E-state index >= 15 is 0 Å². The molecule has 0 spiro atoms. The number of benzene rings is 1. The van der Waals surface area contributed by atoms with Crippen molar-refractivity contribution in [3.05, 3.63) is 46.6 Å². The van der Waals surface area contributed by atoms with E-state index in [-0.39, 0.29) is 0 Å². The lowest BCUT2D eigenvalue weighted by Gasteiger charge is -2.28. The van der Waals surface area contributed by atoms with Gasteiger partial charge in [0.2, 0.25) is 0 Å². The predicted molar refractivity (Wildman–Crippen MR) is 96.7 cm³/mol. The van der Waals surface area contributed by atoms with Gasteiger partial charge in [-0.3, -0.25) is 0 Å². The second kappa shape index (κ2) is 6.82. The van der Waals surface area contributed by atoms with Gasteiger partial charge in [0.25, 0.3) is 0 Å². The fraction of sp³-hybridized carbons (Fsp3) is 0.524. The summed E-state index contributed by atoms with van der Waals surface area (Å²) in [5.41, 5.74) is 7.69. The molecule has 1 aliphatic carbocycles. The maximum absolute atomic E-state index is 4.61. The van der Waals surface area contributed by atoms with E-state index in [0.717, 1.165) is 17.8 Å². The first-order valence-corrected chi connectivity index (χ1v) is 9.01. The summed E-state index contributed by atoms with van der Waals surface area (Å²) in [6, 6.07) is 8.73. The molecule has 2 heteroatoms. The van der Waals surface area contributed by atoms with Crippen LogP contribution in [0.1, 0.15) is 67.8 Å². The van der Waals surface area contributed by atoms with Gasteiger partial charge in [0.15, 0.2) is 0 Å². The first kappa shape index (κ1) is 16.2. The Balaban J connectivity index is 2.17. The smallest absolute Gasteiger partial charge is 0.0964 e. The monoisotopic (exact) mass is 308 g/mol. The van der Waals surface area contributed by atoms with Crippen molar-refractivity contribution < 1.29 is 0 Å². The molecule has 1 aromatic heterocycles. The van der Waals surface area contributed by atoms with Gasteiger partial charge in [0, 0.05) is 5.56 Å². The van der Waals surface area contributed by atoms with Crippen LogP contribution in [0, 0.1) is 19.8 Å². The average molecular weight is 308 g/mol. The Kier molecular flexibility index (Phi) is 4.79. The van der Waals surface area contributed by atoms with E-state index in [4.69, 9.17) is 0 Å². The molecule has 0 bridgehead atoms. The van der Waals surface area contributed by atoms with Crippen molar-refractivity contribution in [3.63, 3.8) is 0 Å². The Labute approximate surface area is 140 Å². The van der Waals surface area contributed by atoms with Crippen molar-refractivity contribution in [2.45, 2.75) is 65.7 Å². The van der Waals surface area contributed by atoms with Gasteiger partial charge in [-0.15, -0.1) is 5.10 Å². The Morgan fingerprint density at radius 2 is 1.70 bits per heavy atom. The van der Waals surface area contributed by atoms with E-state index in [2.05, 4.69) is 62.2 Å². The molecule has 1 aromatic carbocycles. The van der Waals surface area contributed by atoms with Crippen molar-refractivity contribution in [2.75, 3.05) is 0 Å². The van der Waals surface area contributed by atoms with Gasteiger partial charge in [-0.2, -0.15) is 5.10 Å². The van der Waals surface area contributed by atoms with E-state index in [9.17, 15) is 0 Å². The van der Waals surface area contributed by atoms with Crippen LogP contribution in [0.25, 0.3) is 11.3 Å². The molecule has 1 heterocycles. The van der Waals surface area contributed by atoms with Crippen LogP contribution in [0.2, 0.25) is 0 Å². The van der Waals surface area contributed by atoms with Gasteiger partial charge in [0.05, 0.1) is 11.4 Å². The number of aromatic nitrogens is 2. The standard InChI is InChI=1S/C21H28N2/c1-14(2)18-8-6-5-7-9-19-20(18)16(4)22-23-21(19)17-12-10-15(3)11-13-17/h10-14,18H,5-9H2,1-4H3. The van der Waals surface area contributed by atoms with E-state index in [1.165, 1.54) is 47.9 Å². The quantitative estimate of drug-likeness (QED) is 0.720. The SMILES string of the molecule is Cc1ccc(-c2nnc(C)c3c2CCCCCC3C(C)C)cc1. The minimum atomic E-state index is 0.616. The molecule has 0 amide bonds. The zero-order valence-corrected chi connectivity index (χ0v) is 14.9. The Morgan fingerprint density at radius 1 is 0.957 bits per heavy atom. The molecule has 0 fully saturated rings. The second-order valence-corrected chi connectivity index (χ2v) is 7.34. The Hall–Kier alpha value is -1.70. The zero-order valence-electron chi connectivity index (χ0n) is 14.9. The average Bonchev–Trinajstić information content (AvgIpc) is 2.49. The van der Waals surface area contributed by atoms with E-state index in [1.807, 2.05) is 0 Å². The highest BCUT2D eigenvalue weighted by Crippen LogP contribution is 2.39. The summed E-state index contributed by atoms with van der Waals surface area (Å²) in [4.78, 5) is 0. The van der Waals surface area contributed by atoms with Crippen molar-refractivity contribution in [1.29, 1.82) is 0 Å². The normalized spacial score (nSPS) is 18.4. The second-order valence-electron chi connectivity index (χ2n) is 7.34. The van der Waals surface area contributed by atoms with Gasteiger partial charge in [-0.25, -0.2) is 0 Å². The number of nitrogens with zero attached hydrogens (tertiary/aromatic N) is 2. The third kappa shape index (κ3) is 3.31. The maximum atomic E-state index is 4.61. The number of hydrogen-bond acceptors (Lipinski definition) is 2. The molecule has 3 rings (SSSR count). The Morgan fingerprint density at radius 3 is 2.39 bits per heavy atom. The van der Waals surface area contributed by atoms with Crippen molar-refractivity contribution >= 4 is 0 Å². The maximum Gasteiger partial charge on any atom is 0.0964 e. The van der Waals surface area contributed by atoms with E-state index in [0.29, 0.717) is 11.8 Å². The van der Waals surface area contributed by atoms with Crippen molar-refractivity contribution in [3.8, 4) is 11.3 Å². The molecule has 0 radical (unpaired) electrons. The lowest BCUT2D eigenvalue weighted by molar-refractivity contribution is 0.428. The van der Waals surface area contributed by atoms with Gasteiger partial charge >= 0.3 is 0 Å². The first-order chi connectivity index (χ1) is 11.1. The van der Waals surface area contributed by atoms with E-state index in [1.54, 1.807) is 0 Å². The Bertz CT molecular complexity index is 671. The van der Waals surface area contributed by atoms with Crippen LogP contribution in [-0.2, 0) is 6.42 Å². The third-order valence-electron chi connectivity index (χ3n) is 5.24. The van der Waals surface area contributed by atoms with E-state index < -0.39 is 0 Å². The minimum absolute atomic E-state index is 0.616. The summed E-state index contributed by atoms with van der Waals surface area (Å²) in [6.45, 7) is 8.97. The molecule has 23 heavy (non-hydrogen) atoms. The summed E-state index contributed by atoms with van der Waals surface area (Å²) >= 11 is 0. The summed E-state index contributed by atoms with van der Waals surface area (Å²) in [5, 5.41) is 9.15. The topological polar surface area (TPSA) is 25.8 Å². The summed E-state index contributed by atoms with van der Waals surface area (Å²) in [7, 11) is 0. The van der Waals surface area contributed by atoms with Crippen molar-refractivity contribution in [1.82, 2.24) is 10.2 Å². The lowest BCUT2D eigenvalue weighted by atomic mass is 9.77. The molecule has 0 N–H and O–H groups in total. The third-order valence-corrected chi connectivity index (χ3v) is 5.24. The molecule has 0 saturated heterocycles. The molecule has 1 aliphatic rings. The highest BCUT2D eigenvalue weighted by Gasteiger charge is 2.26. The molecule has 2 nitrogen and oxygen atoms in total. The largest absolute Gasteiger partial charge is 0.155 e. The molecule has 0 saturated carbocycles. The molecule has 1 unspecified atom stereocenters. The summed E-state index contributed by atoms with van der Waals surface area (Å²) < 4.78 is 0. The highest BCUT2D eigenvalue weighted by molar-refractivity contribution is 5.65. The van der Waals surface area contributed by atoms with Crippen molar-refractivity contribution in [2.24, 2.45) is 5.92 Å². The van der Waals surface area contributed by atoms with Crippen LogP contribution in [-0.4, -0.2) is 10.2 Å². The van der Waals surface area contributed by atoms with Crippen LogP contribution in [0.3, 0.4) is 0 Å². The van der Waals surface area contributed by atoms with Gasteiger partial charge in [-0.05, 0) is 56.1 Å². The lowest BCUT2D eigenvalue weighted by Crippen LogP contribution is -2.16. The van der Waals surface area contributed by atoms with Crippen LogP contribution in [0.4, 0.5) is 0 Å². The minimum Gasteiger partial charge on any atom is -0.155 e. The molecule has 0 aliphatic heterocycles. The number of aryl methyl sites for hydroxylation is 2. The zero-order chi connectivity index (χ0) is 16.4. The molecular formula is C21H28N2. The van der Waals surface area contributed by atoms with Gasteiger partial charge in [0.1, 0.15) is 0 Å². The van der Waals surface area contributed by atoms with Crippen LogP contribution >= 0.6 is 0 Å². The highest BCUT2D eigenvalue weighted by atomic mass is 15.1. The summed E-state index contributed by atoms with van der Waals surface area (Å²) in [5.74, 6) is 1.27. The first-order valence-electron chi connectivity index (χ1n) is 9.01. The van der Waals surface area contributed by atoms with Gasteiger partial charge in [-0.1, -0.05) is 56.5 Å². The predicted octanol–water partition coefficient (Wildman–Crippen LogP) is 5.62. The fourth-order valence-electron chi connectivity index (χ4n) is 3.93. The molecular weight excluding hydrogens is 280 g/mol. The summed E-state index contributed by atoms with van der Waals surface area (Å²) in [6.07, 6.45) is 6.35. The fourth-order valence-corrected chi connectivity index (χ4v) is 3.93. The van der Waals surface area contributed by atoms with Gasteiger partial charge < -0.3 is 0 Å². The molecule has 122 valence electrons. The van der Waals surface area contributed by atoms with Crippen LogP contribution in [0.5, 0.6) is 0 Å². The molecule has 2 aromatic rings.